The minimum absolute atomic E-state index is 0.109. The minimum atomic E-state index is -5.10. The summed E-state index contributed by atoms with van der Waals surface area (Å²) in [5.41, 5.74) is -3.33. The van der Waals surface area contributed by atoms with Gasteiger partial charge in [-0.1, -0.05) is 6.92 Å². The lowest BCUT2D eigenvalue weighted by atomic mass is 10.0. The van der Waals surface area contributed by atoms with Gasteiger partial charge >= 0.3 is 18.2 Å². The third-order valence-corrected chi connectivity index (χ3v) is 3.55. The topological polar surface area (TPSA) is 78.9 Å². The Morgan fingerprint density at radius 1 is 1.43 bits per heavy atom. The van der Waals surface area contributed by atoms with Crippen LogP contribution in [0.4, 0.5) is 18.0 Å². The molecule has 2 N–H and O–H groups in total. The number of halogens is 3. The van der Waals surface area contributed by atoms with E-state index < -0.39 is 23.7 Å². The number of nitrogens with one attached hydrogen (secondary N) is 1. The number of carbonyl (C=O) groups is 2. The Morgan fingerprint density at radius 2 is 2.00 bits per heavy atom. The number of urea groups is 1. The Hall–Kier alpha value is -1.51. The summed E-state index contributed by atoms with van der Waals surface area (Å²) in [6.07, 6.45) is -4.93. The van der Waals surface area contributed by atoms with Crippen LogP contribution in [0.1, 0.15) is 27.2 Å². The summed E-state index contributed by atoms with van der Waals surface area (Å²) in [5.74, 6) is -2.15. The molecular weight excluding hydrogens is 293 g/mol. The number of aliphatic carboxylic acids is 1. The number of carboxylic acids is 1. The second kappa shape index (κ2) is 6.08. The summed E-state index contributed by atoms with van der Waals surface area (Å²) < 4.78 is 44.0. The van der Waals surface area contributed by atoms with Gasteiger partial charge in [0.15, 0.2) is 0 Å². The number of morpholine rings is 1. The number of alkyl halides is 3. The SMILES string of the molecule is CCC1COC(C)CN1C(=O)NC(C)(C(=O)O)C(F)(F)F. The maximum absolute atomic E-state index is 12.9. The molecule has 1 aliphatic heterocycles. The predicted octanol–water partition coefficient (Wildman–Crippen LogP) is 1.60. The molecule has 3 unspecified atom stereocenters. The minimum Gasteiger partial charge on any atom is -0.479 e. The monoisotopic (exact) mass is 312 g/mol. The van der Waals surface area contributed by atoms with Crippen LogP contribution in [0.15, 0.2) is 0 Å². The Balaban J connectivity index is 2.93. The molecule has 0 aromatic rings. The van der Waals surface area contributed by atoms with Crippen molar-refractivity contribution in [2.45, 2.75) is 51.1 Å². The summed E-state index contributed by atoms with van der Waals surface area (Å²) in [7, 11) is 0. The van der Waals surface area contributed by atoms with Crippen molar-refractivity contribution in [1.29, 1.82) is 0 Å². The van der Waals surface area contributed by atoms with Crippen LogP contribution in [0.3, 0.4) is 0 Å². The summed E-state index contributed by atoms with van der Waals surface area (Å²) in [6.45, 7) is 4.20. The van der Waals surface area contributed by atoms with E-state index in [0.717, 1.165) is 0 Å². The van der Waals surface area contributed by atoms with Crippen molar-refractivity contribution in [3.63, 3.8) is 0 Å². The fourth-order valence-electron chi connectivity index (χ4n) is 1.96. The lowest BCUT2D eigenvalue weighted by Crippen LogP contribution is -2.66. The molecule has 1 heterocycles. The average Bonchev–Trinajstić information content (AvgIpc) is 2.36. The molecule has 2 amide bonds. The molecule has 0 bridgehead atoms. The Morgan fingerprint density at radius 3 is 2.43 bits per heavy atom. The molecule has 21 heavy (non-hydrogen) atoms. The number of nitrogens with zero attached hydrogens (tertiary/aromatic N) is 1. The van der Waals surface area contributed by atoms with Crippen LogP contribution in [-0.4, -0.2) is 59.0 Å². The predicted molar refractivity (Wildman–Crippen MR) is 66.8 cm³/mol. The van der Waals surface area contributed by atoms with Crippen LogP contribution in [0.2, 0.25) is 0 Å². The Bertz CT molecular complexity index is 416. The molecule has 0 aromatic carbocycles. The maximum Gasteiger partial charge on any atom is 0.422 e. The van der Waals surface area contributed by atoms with Gasteiger partial charge in [0.2, 0.25) is 5.54 Å². The summed E-state index contributed by atoms with van der Waals surface area (Å²) in [6, 6.07) is -1.44. The van der Waals surface area contributed by atoms with Crippen LogP contribution in [-0.2, 0) is 9.53 Å². The van der Waals surface area contributed by atoms with Gasteiger partial charge in [0.05, 0.1) is 18.8 Å². The van der Waals surface area contributed by atoms with E-state index in [1.807, 2.05) is 0 Å². The van der Waals surface area contributed by atoms with Gasteiger partial charge in [-0.05, 0) is 20.3 Å². The number of carbonyl (C=O) groups excluding carboxylic acids is 1. The highest BCUT2D eigenvalue weighted by Crippen LogP contribution is 2.31. The lowest BCUT2D eigenvalue weighted by molar-refractivity contribution is -0.204. The van der Waals surface area contributed by atoms with Gasteiger partial charge in [-0.2, -0.15) is 13.2 Å². The highest BCUT2D eigenvalue weighted by atomic mass is 19.4. The van der Waals surface area contributed by atoms with Crippen LogP contribution in [0.25, 0.3) is 0 Å². The number of hydrogen-bond donors (Lipinski definition) is 2. The third-order valence-electron chi connectivity index (χ3n) is 3.55. The first-order valence-electron chi connectivity index (χ1n) is 6.53. The second-order valence-electron chi connectivity index (χ2n) is 5.22. The number of amides is 2. The third kappa shape index (κ3) is 3.58. The van der Waals surface area contributed by atoms with Crippen molar-refractivity contribution < 1.29 is 32.6 Å². The zero-order chi connectivity index (χ0) is 16.4. The zero-order valence-electron chi connectivity index (χ0n) is 12.0. The zero-order valence-corrected chi connectivity index (χ0v) is 12.0. The van der Waals surface area contributed by atoms with Crippen molar-refractivity contribution in [1.82, 2.24) is 10.2 Å². The molecule has 1 rings (SSSR count). The van der Waals surface area contributed by atoms with Gasteiger partial charge in [-0.25, -0.2) is 9.59 Å². The number of carboxylic acid groups (broad SMARTS) is 1. The van der Waals surface area contributed by atoms with Gasteiger partial charge in [-0.3, -0.25) is 0 Å². The summed E-state index contributed by atoms with van der Waals surface area (Å²) in [5, 5.41) is 10.4. The van der Waals surface area contributed by atoms with E-state index in [0.29, 0.717) is 13.3 Å². The smallest absolute Gasteiger partial charge is 0.422 e. The molecule has 0 aromatic heterocycles. The van der Waals surface area contributed by atoms with Crippen molar-refractivity contribution in [2.75, 3.05) is 13.2 Å². The molecule has 0 saturated carbocycles. The van der Waals surface area contributed by atoms with Crippen molar-refractivity contribution >= 4 is 12.0 Å². The van der Waals surface area contributed by atoms with Crippen LogP contribution in [0.5, 0.6) is 0 Å². The molecule has 6 nitrogen and oxygen atoms in total. The average molecular weight is 312 g/mol. The van der Waals surface area contributed by atoms with E-state index in [1.165, 1.54) is 4.90 Å². The van der Waals surface area contributed by atoms with Crippen molar-refractivity contribution in [3.8, 4) is 0 Å². The van der Waals surface area contributed by atoms with E-state index in [2.05, 4.69) is 0 Å². The fourth-order valence-corrected chi connectivity index (χ4v) is 1.96. The van der Waals surface area contributed by atoms with Gasteiger partial charge in [0, 0.05) is 6.54 Å². The first-order valence-corrected chi connectivity index (χ1v) is 6.53. The number of ether oxygens (including phenoxy) is 1. The first-order chi connectivity index (χ1) is 9.52. The number of rotatable bonds is 3. The lowest BCUT2D eigenvalue weighted by Gasteiger charge is -2.40. The molecule has 0 spiro atoms. The molecule has 3 atom stereocenters. The van der Waals surface area contributed by atoms with Crippen LogP contribution >= 0.6 is 0 Å². The van der Waals surface area contributed by atoms with E-state index in [1.54, 1.807) is 19.2 Å². The maximum atomic E-state index is 12.9. The van der Waals surface area contributed by atoms with E-state index in [4.69, 9.17) is 9.84 Å². The molecule has 9 heteroatoms. The largest absolute Gasteiger partial charge is 0.479 e. The molecule has 0 aliphatic carbocycles. The second-order valence-corrected chi connectivity index (χ2v) is 5.22. The quantitative estimate of drug-likeness (QED) is 0.829. The Kier molecular flexibility index (Phi) is 5.08. The fraction of sp³-hybridized carbons (Fsp3) is 0.833. The normalized spacial score (nSPS) is 26.1. The van der Waals surface area contributed by atoms with E-state index >= 15 is 0 Å². The number of hydrogen-bond acceptors (Lipinski definition) is 3. The van der Waals surface area contributed by atoms with Crippen LogP contribution in [0, 0.1) is 0 Å². The molecule has 0 radical (unpaired) electrons. The molecule has 1 aliphatic rings. The molecular formula is C12H19F3N2O4. The van der Waals surface area contributed by atoms with Gasteiger partial charge in [0.1, 0.15) is 0 Å². The molecule has 122 valence electrons. The van der Waals surface area contributed by atoms with E-state index in [9.17, 15) is 22.8 Å². The van der Waals surface area contributed by atoms with Crippen molar-refractivity contribution in [3.05, 3.63) is 0 Å². The van der Waals surface area contributed by atoms with Gasteiger partial charge < -0.3 is 20.1 Å². The van der Waals surface area contributed by atoms with Gasteiger partial charge in [-0.15, -0.1) is 0 Å². The van der Waals surface area contributed by atoms with Crippen LogP contribution < -0.4 is 5.32 Å². The first kappa shape index (κ1) is 17.5. The Labute approximate surface area is 120 Å². The highest BCUT2D eigenvalue weighted by molar-refractivity contribution is 5.87. The molecule has 1 saturated heterocycles. The van der Waals surface area contributed by atoms with Gasteiger partial charge in [0.25, 0.3) is 0 Å². The standard InChI is InChI=1S/C12H19F3N2O4/c1-4-8-6-21-7(2)5-17(8)10(20)16-11(3,9(18)19)12(13,14)15/h7-8H,4-6H2,1-3H3,(H,16,20)(H,18,19). The highest BCUT2D eigenvalue weighted by Gasteiger charge is 2.59. The van der Waals surface area contributed by atoms with Crippen molar-refractivity contribution in [2.24, 2.45) is 0 Å². The summed E-state index contributed by atoms with van der Waals surface area (Å²) >= 11 is 0. The molecule has 1 fully saturated rings. The van der Waals surface area contributed by atoms with E-state index in [-0.39, 0.29) is 25.3 Å². The summed E-state index contributed by atoms with van der Waals surface area (Å²) in [4.78, 5) is 24.2.